The van der Waals surface area contributed by atoms with Gasteiger partial charge in [0.2, 0.25) is 0 Å². The van der Waals surface area contributed by atoms with Crippen molar-refractivity contribution in [2.75, 3.05) is 11.9 Å². The van der Waals surface area contributed by atoms with E-state index in [9.17, 15) is 9.59 Å². The Morgan fingerprint density at radius 3 is 2.43 bits per heavy atom. The van der Waals surface area contributed by atoms with Crippen molar-refractivity contribution in [3.8, 4) is 11.3 Å². The van der Waals surface area contributed by atoms with Crippen LogP contribution < -0.4 is 5.32 Å². The number of esters is 1. The molecular weight excluding hydrogens is 456 g/mol. The van der Waals surface area contributed by atoms with Gasteiger partial charge in [0, 0.05) is 21.0 Å². The lowest BCUT2D eigenvalue weighted by molar-refractivity contribution is 0.0503. The molecule has 0 aliphatic rings. The summed E-state index contributed by atoms with van der Waals surface area (Å²) >= 11 is 1.37. The highest BCUT2D eigenvalue weighted by Gasteiger charge is 2.23. The molecule has 5 rings (SSSR count). The van der Waals surface area contributed by atoms with Crippen LogP contribution >= 0.6 is 11.3 Å². The van der Waals surface area contributed by atoms with Crippen LogP contribution in [-0.4, -0.2) is 23.5 Å². The SMILES string of the molecule is CCCCOC(=O)c1c(NC(=O)c2cc(-c3ccccc3)nc3ccccc23)sc2ccccc12. The number of hydrogen-bond acceptors (Lipinski definition) is 5. The molecule has 0 spiro atoms. The summed E-state index contributed by atoms with van der Waals surface area (Å²) in [6.45, 7) is 2.39. The lowest BCUT2D eigenvalue weighted by Crippen LogP contribution is -2.15. The lowest BCUT2D eigenvalue weighted by Gasteiger charge is -2.11. The van der Waals surface area contributed by atoms with Crippen molar-refractivity contribution in [1.82, 2.24) is 4.98 Å². The Morgan fingerprint density at radius 1 is 0.914 bits per heavy atom. The monoisotopic (exact) mass is 480 g/mol. The third-order valence-corrected chi connectivity index (χ3v) is 6.87. The van der Waals surface area contributed by atoms with E-state index in [-0.39, 0.29) is 5.91 Å². The molecule has 0 fully saturated rings. The molecule has 5 nitrogen and oxygen atoms in total. The fraction of sp³-hybridized carbons (Fsp3) is 0.138. The number of hydrogen-bond donors (Lipinski definition) is 1. The number of carbonyl (C=O) groups is 2. The Hall–Kier alpha value is -4.03. The molecule has 2 heterocycles. The molecule has 0 atom stereocenters. The molecule has 0 saturated carbocycles. The zero-order valence-electron chi connectivity index (χ0n) is 19.3. The van der Waals surface area contributed by atoms with Gasteiger partial charge in [-0.1, -0.05) is 80.1 Å². The van der Waals surface area contributed by atoms with Gasteiger partial charge in [-0.05, 0) is 24.6 Å². The van der Waals surface area contributed by atoms with E-state index in [4.69, 9.17) is 9.72 Å². The standard InChI is InChI=1S/C29H24N2O3S/c1-2-3-17-34-29(33)26-21-14-8-10-16-25(21)35-28(26)31-27(32)22-18-24(19-11-5-4-6-12-19)30-23-15-9-7-13-20(22)23/h4-16,18H,2-3,17H2,1H3,(H,31,32). The minimum atomic E-state index is -0.421. The van der Waals surface area contributed by atoms with E-state index in [2.05, 4.69) is 5.32 Å². The molecule has 3 aromatic carbocycles. The number of ether oxygens (including phenoxy) is 1. The number of nitrogens with zero attached hydrogens (tertiary/aromatic N) is 1. The second kappa shape index (κ2) is 10.1. The third-order valence-electron chi connectivity index (χ3n) is 5.79. The third kappa shape index (κ3) is 4.66. The lowest BCUT2D eigenvalue weighted by atomic mass is 10.0. The van der Waals surface area contributed by atoms with Crippen molar-refractivity contribution in [1.29, 1.82) is 0 Å². The Balaban J connectivity index is 1.56. The van der Waals surface area contributed by atoms with Crippen molar-refractivity contribution in [3.05, 3.63) is 96.1 Å². The van der Waals surface area contributed by atoms with Crippen molar-refractivity contribution in [2.45, 2.75) is 19.8 Å². The normalized spacial score (nSPS) is 11.0. The van der Waals surface area contributed by atoms with Crippen LogP contribution in [0.5, 0.6) is 0 Å². The van der Waals surface area contributed by atoms with Crippen LogP contribution in [0.2, 0.25) is 0 Å². The zero-order valence-corrected chi connectivity index (χ0v) is 20.1. The van der Waals surface area contributed by atoms with Gasteiger partial charge in [0.25, 0.3) is 5.91 Å². The second-order valence-electron chi connectivity index (χ2n) is 8.18. The predicted octanol–water partition coefficient (Wildman–Crippen LogP) is 7.33. The number of carbonyl (C=O) groups excluding carboxylic acids is 2. The molecule has 0 saturated heterocycles. The number of nitrogens with one attached hydrogen (secondary N) is 1. The number of unbranched alkanes of at least 4 members (excludes halogenated alkanes) is 1. The minimum absolute atomic E-state index is 0.296. The number of para-hydroxylation sites is 1. The van der Waals surface area contributed by atoms with Crippen LogP contribution in [0.3, 0.4) is 0 Å². The summed E-state index contributed by atoms with van der Waals surface area (Å²) in [6, 6.07) is 26.8. The van der Waals surface area contributed by atoms with Crippen LogP contribution in [0.15, 0.2) is 84.9 Å². The molecule has 174 valence electrons. The summed E-state index contributed by atoms with van der Waals surface area (Å²) in [5, 5.41) is 5.02. The van der Waals surface area contributed by atoms with Gasteiger partial charge >= 0.3 is 5.97 Å². The van der Waals surface area contributed by atoms with Gasteiger partial charge in [0.05, 0.1) is 23.4 Å². The second-order valence-corrected chi connectivity index (χ2v) is 9.24. The minimum Gasteiger partial charge on any atom is -0.462 e. The van der Waals surface area contributed by atoms with Gasteiger partial charge in [-0.3, -0.25) is 4.79 Å². The Bertz CT molecular complexity index is 1530. The number of anilines is 1. The Kier molecular flexibility index (Phi) is 6.55. The fourth-order valence-electron chi connectivity index (χ4n) is 4.01. The molecule has 5 aromatic rings. The van der Waals surface area contributed by atoms with Gasteiger partial charge in [0.1, 0.15) is 10.6 Å². The number of aromatic nitrogens is 1. The highest BCUT2D eigenvalue weighted by Crippen LogP contribution is 2.37. The van der Waals surface area contributed by atoms with E-state index in [1.54, 1.807) is 6.07 Å². The van der Waals surface area contributed by atoms with Gasteiger partial charge in [-0.25, -0.2) is 9.78 Å². The first-order valence-corrected chi connectivity index (χ1v) is 12.4. The molecule has 2 aromatic heterocycles. The maximum Gasteiger partial charge on any atom is 0.341 e. The van der Waals surface area contributed by atoms with Crippen LogP contribution in [0, 0.1) is 0 Å². The smallest absolute Gasteiger partial charge is 0.341 e. The van der Waals surface area contributed by atoms with Crippen LogP contribution in [0.4, 0.5) is 5.00 Å². The van der Waals surface area contributed by atoms with E-state index in [0.29, 0.717) is 28.4 Å². The van der Waals surface area contributed by atoms with E-state index in [0.717, 1.165) is 39.4 Å². The number of rotatable bonds is 7. The fourth-order valence-corrected chi connectivity index (χ4v) is 5.09. The average Bonchev–Trinajstić information content (AvgIpc) is 3.26. The van der Waals surface area contributed by atoms with E-state index < -0.39 is 5.97 Å². The van der Waals surface area contributed by atoms with Crippen molar-refractivity contribution in [2.24, 2.45) is 0 Å². The Labute approximate surface area is 207 Å². The Morgan fingerprint density at radius 2 is 1.63 bits per heavy atom. The first kappa shape index (κ1) is 22.7. The molecule has 1 N–H and O–H groups in total. The largest absolute Gasteiger partial charge is 0.462 e. The number of amides is 1. The van der Waals surface area contributed by atoms with Gasteiger partial charge < -0.3 is 10.1 Å². The summed E-state index contributed by atoms with van der Waals surface area (Å²) in [7, 11) is 0. The van der Waals surface area contributed by atoms with E-state index in [1.807, 2.05) is 85.8 Å². The predicted molar refractivity (Wildman–Crippen MR) is 142 cm³/mol. The topological polar surface area (TPSA) is 68.3 Å². The number of fused-ring (bicyclic) bond motifs is 2. The highest BCUT2D eigenvalue weighted by molar-refractivity contribution is 7.23. The molecule has 0 aliphatic carbocycles. The zero-order chi connectivity index (χ0) is 24.2. The molecular formula is C29H24N2O3S. The summed E-state index contributed by atoms with van der Waals surface area (Å²) in [6.07, 6.45) is 1.72. The molecule has 1 amide bonds. The van der Waals surface area contributed by atoms with E-state index in [1.165, 1.54) is 11.3 Å². The summed E-state index contributed by atoms with van der Waals surface area (Å²) in [5.74, 6) is -0.717. The maximum atomic E-state index is 13.6. The van der Waals surface area contributed by atoms with Gasteiger partial charge in [-0.15, -0.1) is 11.3 Å². The molecule has 0 aliphatic heterocycles. The van der Waals surface area contributed by atoms with Crippen molar-refractivity contribution in [3.63, 3.8) is 0 Å². The molecule has 0 radical (unpaired) electrons. The van der Waals surface area contributed by atoms with Crippen molar-refractivity contribution < 1.29 is 14.3 Å². The van der Waals surface area contributed by atoms with Crippen LogP contribution in [0.25, 0.3) is 32.2 Å². The average molecular weight is 481 g/mol. The summed E-state index contributed by atoms with van der Waals surface area (Å²) in [5.41, 5.74) is 3.27. The molecule has 6 heteroatoms. The first-order valence-electron chi connectivity index (χ1n) is 11.6. The molecule has 0 bridgehead atoms. The maximum absolute atomic E-state index is 13.6. The number of thiophene rings is 1. The number of benzene rings is 3. The molecule has 0 unspecified atom stereocenters. The summed E-state index contributed by atoms with van der Waals surface area (Å²) in [4.78, 5) is 31.4. The van der Waals surface area contributed by atoms with Crippen LogP contribution in [-0.2, 0) is 4.74 Å². The number of pyridine rings is 1. The van der Waals surface area contributed by atoms with Gasteiger partial charge in [0.15, 0.2) is 0 Å². The van der Waals surface area contributed by atoms with Crippen LogP contribution in [0.1, 0.15) is 40.5 Å². The quantitative estimate of drug-likeness (QED) is 0.196. The van der Waals surface area contributed by atoms with Gasteiger partial charge in [-0.2, -0.15) is 0 Å². The molecule has 35 heavy (non-hydrogen) atoms. The first-order chi connectivity index (χ1) is 17.2. The highest BCUT2D eigenvalue weighted by atomic mass is 32.1. The van der Waals surface area contributed by atoms with E-state index >= 15 is 0 Å². The summed E-state index contributed by atoms with van der Waals surface area (Å²) < 4.78 is 6.43. The van der Waals surface area contributed by atoms with Crippen molar-refractivity contribution >= 4 is 49.2 Å².